The Hall–Kier alpha value is -2.21. The van der Waals surface area contributed by atoms with E-state index in [1.807, 2.05) is 0 Å². The molecule has 0 unspecified atom stereocenters. The molecular weight excluding hydrogens is 252 g/mol. The van der Waals surface area contributed by atoms with Gasteiger partial charge in [0.2, 0.25) is 0 Å². The third-order valence-corrected chi connectivity index (χ3v) is 2.98. The highest BCUT2D eigenvalue weighted by Gasteiger charge is 2.15. The highest BCUT2D eigenvalue weighted by Crippen LogP contribution is 2.27. The first-order valence-electron chi connectivity index (χ1n) is 5.17. The molecule has 0 atom stereocenters. The van der Waals surface area contributed by atoms with Gasteiger partial charge < -0.3 is 9.67 Å². The Balaban J connectivity index is 2.74. The fraction of sp³-hybridized carbons (Fsp3) is 0.0833. The molecule has 0 radical (unpaired) electrons. The molecule has 1 aromatic carbocycles. The van der Waals surface area contributed by atoms with E-state index in [9.17, 15) is 15.2 Å². The molecule has 0 aliphatic rings. The molecule has 0 amide bonds. The van der Waals surface area contributed by atoms with Gasteiger partial charge in [-0.05, 0) is 19.1 Å². The van der Waals surface area contributed by atoms with Gasteiger partial charge >= 0.3 is 0 Å². The summed E-state index contributed by atoms with van der Waals surface area (Å²) in [6.45, 7) is 1.65. The first-order chi connectivity index (χ1) is 8.52. The lowest BCUT2D eigenvalue weighted by Crippen LogP contribution is -2.03. The molecule has 1 heterocycles. The predicted octanol–water partition coefficient (Wildman–Crippen LogP) is 3.13. The summed E-state index contributed by atoms with van der Waals surface area (Å²) < 4.78 is 1.87. The largest absolute Gasteiger partial charge is 0.505 e. The summed E-state index contributed by atoms with van der Waals surface area (Å²) in [5.74, 6) is -0.0364. The molecule has 1 aromatic heterocycles. The standard InChI is InChI=1S/C12H10N2O3S/c1-8-12(15)11(18)6-7-13(8)9-4-2-3-5-10(9)14(16)17/h2-7,15H,1H3. The fourth-order valence-electron chi connectivity index (χ4n) is 1.71. The Morgan fingerprint density at radius 2 is 2.00 bits per heavy atom. The quantitative estimate of drug-likeness (QED) is 0.513. The Morgan fingerprint density at radius 3 is 2.67 bits per heavy atom. The van der Waals surface area contributed by atoms with E-state index in [2.05, 4.69) is 0 Å². The molecule has 5 nitrogen and oxygen atoms in total. The number of para-hydroxylation sites is 2. The van der Waals surface area contributed by atoms with E-state index >= 15 is 0 Å². The zero-order chi connectivity index (χ0) is 13.3. The van der Waals surface area contributed by atoms with Crippen molar-refractivity contribution in [2.45, 2.75) is 6.92 Å². The van der Waals surface area contributed by atoms with Gasteiger partial charge in [0.1, 0.15) is 5.69 Å². The zero-order valence-electron chi connectivity index (χ0n) is 9.53. The Bertz CT molecular complexity index is 679. The van der Waals surface area contributed by atoms with E-state index in [0.29, 0.717) is 15.9 Å². The highest BCUT2D eigenvalue weighted by molar-refractivity contribution is 7.71. The second kappa shape index (κ2) is 4.58. The van der Waals surface area contributed by atoms with E-state index < -0.39 is 4.92 Å². The maximum atomic E-state index is 11.0. The summed E-state index contributed by atoms with van der Waals surface area (Å²) in [4.78, 5) is 10.5. The summed E-state index contributed by atoms with van der Waals surface area (Å²) in [6.07, 6.45) is 1.61. The topological polar surface area (TPSA) is 68.3 Å². The smallest absolute Gasteiger partial charge is 0.293 e. The summed E-state index contributed by atoms with van der Waals surface area (Å²) in [6, 6.07) is 7.87. The third-order valence-electron chi connectivity index (χ3n) is 2.65. The highest BCUT2D eigenvalue weighted by atomic mass is 32.1. The van der Waals surface area contributed by atoms with Gasteiger partial charge in [0.05, 0.1) is 15.1 Å². The van der Waals surface area contributed by atoms with Crippen LogP contribution in [0.2, 0.25) is 0 Å². The van der Waals surface area contributed by atoms with E-state index in [0.717, 1.165) is 0 Å². The van der Waals surface area contributed by atoms with Crippen molar-refractivity contribution < 1.29 is 10.0 Å². The fourth-order valence-corrected chi connectivity index (χ4v) is 1.92. The number of nitro benzene ring substituents is 1. The number of nitrogens with zero attached hydrogens (tertiary/aromatic N) is 2. The minimum Gasteiger partial charge on any atom is -0.505 e. The third kappa shape index (κ3) is 1.98. The monoisotopic (exact) mass is 262 g/mol. The van der Waals surface area contributed by atoms with Gasteiger partial charge in [-0.25, -0.2) is 0 Å². The van der Waals surface area contributed by atoms with Crippen molar-refractivity contribution in [1.82, 2.24) is 4.57 Å². The number of hydrogen-bond acceptors (Lipinski definition) is 4. The Labute approximate surface area is 108 Å². The summed E-state index contributed by atoms with van der Waals surface area (Å²) >= 11 is 4.94. The maximum Gasteiger partial charge on any atom is 0.293 e. The average molecular weight is 262 g/mol. The van der Waals surface area contributed by atoms with E-state index in [1.165, 1.54) is 12.1 Å². The molecule has 0 saturated carbocycles. The molecule has 2 aromatic rings. The van der Waals surface area contributed by atoms with Crippen molar-refractivity contribution in [1.29, 1.82) is 0 Å². The summed E-state index contributed by atoms with van der Waals surface area (Å²) in [7, 11) is 0. The van der Waals surface area contributed by atoms with Gasteiger partial charge in [0.15, 0.2) is 5.75 Å². The van der Waals surface area contributed by atoms with Crippen molar-refractivity contribution in [3.63, 3.8) is 0 Å². The normalized spacial score (nSPS) is 10.3. The predicted molar refractivity (Wildman–Crippen MR) is 69.7 cm³/mol. The van der Waals surface area contributed by atoms with Gasteiger partial charge in [-0.15, -0.1) is 0 Å². The van der Waals surface area contributed by atoms with E-state index in [-0.39, 0.29) is 11.4 Å². The maximum absolute atomic E-state index is 11.0. The first-order valence-corrected chi connectivity index (χ1v) is 5.58. The number of benzene rings is 1. The van der Waals surface area contributed by atoms with Crippen LogP contribution in [0.25, 0.3) is 5.69 Å². The lowest BCUT2D eigenvalue weighted by atomic mass is 10.2. The second-order valence-electron chi connectivity index (χ2n) is 3.73. The lowest BCUT2D eigenvalue weighted by molar-refractivity contribution is -0.384. The number of hydrogen-bond donors (Lipinski definition) is 1. The SMILES string of the molecule is Cc1c(O)c(=S)ccn1-c1ccccc1[N+](=O)[O-]. The molecular formula is C12H10N2O3S. The second-order valence-corrected chi connectivity index (χ2v) is 4.17. The van der Waals surface area contributed by atoms with Gasteiger partial charge in [0.25, 0.3) is 5.69 Å². The van der Waals surface area contributed by atoms with E-state index in [4.69, 9.17) is 12.2 Å². The van der Waals surface area contributed by atoms with Crippen molar-refractivity contribution in [3.05, 3.63) is 56.8 Å². The van der Waals surface area contributed by atoms with Crippen LogP contribution in [-0.2, 0) is 0 Å². The zero-order valence-corrected chi connectivity index (χ0v) is 10.3. The molecule has 0 saturated heterocycles. The molecule has 0 bridgehead atoms. The Kier molecular flexibility index (Phi) is 3.12. The minimum absolute atomic E-state index is 0.0258. The molecule has 92 valence electrons. The molecule has 0 fully saturated rings. The van der Waals surface area contributed by atoms with Crippen molar-refractivity contribution in [2.24, 2.45) is 0 Å². The van der Waals surface area contributed by atoms with Crippen LogP contribution >= 0.6 is 12.2 Å². The van der Waals surface area contributed by atoms with Crippen LogP contribution in [0.5, 0.6) is 5.75 Å². The summed E-state index contributed by atoms with van der Waals surface area (Å²) in [5, 5.41) is 20.8. The van der Waals surface area contributed by atoms with Gasteiger partial charge in [-0.2, -0.15) is 0 Å². The number of aromatic nitrogens is 1. The summed E-state index contributed by atoms with van der Waals surface area (Å²) in [5.41, 5.74) is 0.837. The van der Waals surface area contributed by atoms with Crippen LogP contribution in [0.15, 0.2) is 36.5 Å². The molecule has 2 rings (SSSR count). The molecule has 6 heteroatoms. The lowest BCUT2D eigenvalue weighted by Gasteiger charge is -2.12. The van der Waals surface area contributed by atoms with E-state index in [1.54, 1.807) is 35.9 Å². The molecule has 1 N–H and O–H groups in total. The number of aromatic hydroxyl groups is 1. The Morgan fingerprint density at radius 1 is 1.33 bits per heavy atom. The van der Waals surface area contributed by atoms with Crippen molar-refractivity contribution in [3.8, 4) is 11.4 Å². The minimum atomic E-state index is -0.458. The van der Waals surface area contributed by atoms with Crippen LogP contribution in [0.4, 0.5) is 5.69 Å². The van der Waals surface area contributed by atoms with Gasteiger partial charge in [-0.1, -0.05) is 24.4 Å². The molecule has 18 heavy (non-hydrogen) atoms. The number of pyridine rings is 1. The molecule has 0 aliphatic heterocycles. The van der Waals surface area contributed by atoms with Crippen LogP contribution < -0.4 is 0 Å². The molecule has 0 spiro atoms. The molecule has 0 aliphatic carbocycles. The van der Waals surface area contributed by atoms with Crippen LogP contribution in [0.1, 0.15) is 5.69 Å². The first kappa shape index (κ1) is 12.3. The van der Waals surface area contributed by atoms with Crippen LogP contribution in [-0.4, -0.2) is 14.6 Å². The van der Waals surface area contributed by atoms with Crippen molar-refractivity contribution >= 4 is 17.9 Å². The van der Waals surface area contributed by atoms with Crippen LogP contribution in [0, 0.1) is 21.5 Å². The van der Waals surface area contributed by atoms with Crippen molar-refractivity contribution in [2.75, 3.05) is 0 Å². The van der Waals surface area contributed by atoms with Crippen LogP contribution in [0.3, 0.4) is 0 Å². The number of rotatable bonds is 2. The van der Waals surface area contributed by atoms with Gasteiger partial charge in [0, 0.05) is 12.3 Å². The average Bonchev–Trinajstić information content (AvgIpc) is 2.36. The van der Waals surface area contributed by atoms with Gasteiger partial charge in [-0.3, -0.25) is 10.1 Å². The number of nitro groups is 1.